The van der Waals surface area contributed by atoms with Crippen LogP contribution in [-0.2, 0) is 14.1 Å². The van der Waals surface area contributed by atoms with Crippen LogP contribution in [0.15, 0.2) is 60.7 Å². The van der Waals surface area contributed by atoms with Gasteiger partial charge in [0.25, 0.3) is 5.69 Å². The highest BCUT2D eigenvalue weighted by Crippen LogP contribution is 2.37. The van der Waals surface area contributed by atoms with Crippen molar-refractivity contribution in [2.75, 3.05) is 6.61 Å². The van der Waals surface area contributed by atoms with Crippen LogP contribution in [0.4, 0.5) is 0 Å². The lowest BCUT2D eigenvalue weighted by molar-refractivity contribution is -0.740. The van der Waals surface area contributed by atoms with E-state index in [0.29, 0.717) is 0 Å². The predicted molar refractivity (Wildman–Crippen MR) is 91.8 cm³/mol. The smallest absolute Gasteiger partial charge is 0.280 e. The maximum atomic E-state index is 5.95. The molecule has 0 radical (unpaired) electrons. The molecule has 2 aromatic carbocycles. The lowest BCUT2D eigenvalue weighted by atomic mass is 10.1. The van der Waals surface area contributed by atoms with Crippen molar-refractivity contribution in [2.24, 2.45) is 14.1 Å². The molecule has 0 N–H and O–H groups in total. The fourth-order valence-electron chi connectivity index (χ4n) is 2.78. The van der Waals surface area contributed by atoms with Gasteiger partial charge in [0.15, 0.2) is 12.7 Å². The van der Waals surface area contributed by atoms with Gasteiger partial charge in [-0.2, -0.15) is 4.68 Å². The summed E-state index contributed by atoms with van der Waals surface area (Å²) in [5.41, 5.74) is 4.23. The summed E-state index contributed by atoms with van der Waals surface area (Å²) in [6.45, 7) is 0.240. The minimum atomic E-state index is 0.240. The van der Waals surface area contributed by atoms with Crippen molar-refractivity contribution < 1.29 is 9.42 Å². The zero-order valence-electron chi connectivity index (χ0n) is 13.4. The van der Waals surface area contributed by atoms with Gasteiger partial charge in [0.1, 0.15) is 6.61 Å². The van der Waals surface area contributed by atoms with Crippen molar-refractivity contribution in [1.82, 2.24) is 4.68 Å². The summed E-state index contributed by atoms with van der Waals surface area (Å²) in [7, 11) is 4.05. The lowest BCUT2D eigenvalue weighted by Crippen LogP contribution is -2.39. The summed E-state index contributed by atoms with van der Waals surface area (Å²) >= 11 is 0. The molecule has 3 rings (SSSR count). The third kappa shape index (κ3) is 2.72. The molecule has 0 aliphatic rings. The molecular weight excluding hydrogens is 284 g/mol. The molecular formula is C20H19N2O+. The normalized spacial score (nSPS) is 10.3. The van der Waals surface area contributed by atoms with Crippen molar-refractivity contribution in [1.29, 1.82) is 0 Å². The molecule has 0 aliphatic heterocycles. The van der Waals surface area contributed by atoms with E-state index in [2.05, 4.69) is 39.5 Å². The molecule has 3 aromatic rings. The fraction of sp³-hybridized carbons (Fsp3) is 0.150. The van der Waals surface area contributed by atoms with Gasteiger partial charge in [0, 0.05) is 5.56 Å². The Bertz CT molecular complexity index is 780. The molecule has 23 heavy (non-hydrogen) atoms. The van der Waals surface area contributed by atoms with Gasteiger partial charge in [-0.15, -0.1) is 11.1 Å². The summed E-state index contributed by atoms with van der Waals surface area (Å²) in [6.07, 6.45) is 5.41. The molecule has 0 unspecified atom stereocenters. The van der Waals surface area contributed by atoms with Crippen LogP contribution >= 0.6 is 0 Å². The Kier molecular flexibility index (Phi) is 4.16. The number of hydrogen-bond donors (Lipinski definition) is 0. The molecule has 1 heterocycles. The van der Waals surface area contributed by atoms with E-state index in [1.807, 2.05) is 50.5 Å². The molecule has 114 valence electrons. The van der Waals surface area contributed by atoms with E-state index >= 15 is 0 Å². The SMILES string of the molecule is C#CCOc1c(-c2ccccc2)n(C)[n+](C)c1-c1ccccc1. The Balaban J connectivity index is 2.26. The highest BCUT2D eigenvalue weighted by molar-refractivity contribution is 5.76. The topological polar surface area (TPSA) is 18.0 Å². The van der Waals surface area contributed by atoms with E-state index in [9.17, 15) is 0 Å². The average molecular weight is 303 g/mol. The van der Waals surface area contributed by atoms with Crippen LogP contribution in [0.25, 0.3) is 22.5 Å². The van der Waals surface area contributed by atoms with Crippen molar-refractivity contribution >= 4 is 0 Å². The van der Waals surface area contributed by atoms with E-state index in [1.165, 1.54) is 0 Å². The largest absolute Gasteiger partial charge is 0.472 e. The van der Waals surface area contributed by atoms with Crippen LogP contribution in [0.5, 0.6) is 5.75 Å². The Morgan fingerprint density at radius 3 is 2.13 bits per heavy atom. The number of benzene rings is 2. The minimum absolute atomic E-state index is 0.240. The number of rotatable bonds is 4. The number of ether oxygens (including phenoxy) is 1. The second-order valence-corrected chi connectivity index (χ2v) is 5.30. The maximum Gasteiger partial charge on any atom is 0.280 e. The van der Waals surface area contributed by atoms with Gasteiger partial charge in [-0.1, -0.05) is 54.5 Å². The summed E-state index contributed by atoms with van der Waals surface area (Å²) in [5.74, 6) is 3.37. The van der Waals surface area contributed by atoms with Gasteiger partial charge < -0.3 is 4.74 Å². The molecule has 0 bridgehead atoms. The zero-order valence-corrected chi connectivity index (χ0v) is 13.4. The van der Waals surface area contributed by atoms with Crippen LogP contribution in [0.1, 0.15) is 0 Å². The van der Waals surface area contributed by atoms with Crippen LogP contribution in [0, 0.1) is 12.3 Å². The molecule has 0 atom stereocenters. The lowest BCUT2D eigenvalue weighted by Gasteiger charge is -2.04. The first kappa shape index (κ1) is 14.9. The van der Waals surface area contributed by atoms with Gasteiger partial charge in [0.05, 0.1) is 12.6 Å². The number of hydrogen-bond acceptors (Lipinski definition) is 1. The van der Waals surface area contributed by atoms with E-state index in [1.54, 1.807) is 0 Å². The second kappa shape index (κ2) is 6.41. The molecule has 3 nitrogen and oxygen atoms in total. The molecule has 0 saturated carbocycles. The second-order valence-electron chi connectivity index (χ2n) is 5.30. The highest BCUT2D eigenvalue weighted by Gasteiger charge is 2.29. The van der Waals surface area contributed by atoms with Gasteiger partial charge in [0.2, 0.25) is 5.75 Å². The third-order valence-corrected chi connectivity index (χ3v) is 3.92. The summed E-state index contributed by atoms with van der Waals surface area (Å²) in [4.78, 5) is 0. The standard InChI is InChI=1S/C20H19N2O/c1-4-15-23-20-18(16-11-7-5-8-12-16)21(2)22(3)19(20)17-13-9-6-10-14-17/h1,5-14H,15H2,2-3H3/q+1. The third-order valence-electron chi connectivity index (χ3n) is 3.92. The molecule has 0 aliphatic carbocycles. The quantitative estimate of drug-likeness (QED) is 0.535. The monoisotopic (exact) mass is 303 g/mol. The van der Waals surface area contributed by atoms with Crippen LogP contribution in [0.2, 0.25) is 0 Å². The van der Waals surface area contributed by atoms with Gasteiger partial charge in [-0.25, -0.2) is 0 Å². The number of nitrogens with zero attached hydrogens (tertiary/aromatic N) is 2. The maximum absolute atomic E-state index is 5.95. The summed E-state index contributed by atoms with van der Waals surface area (Å²) in [6, 6.07) is 20.4. The van der Waals surface area contributed by atoms with Crippen molar-refractivity contribution in [2.45, 2.75) is 0 Å². The molecule has 1 aromatic heterocycles. The Labute approximate surface area is 136 Å². The molecule has 0 fully saturated rings. The van der Waals surface area contributed by atoms with E-state index in [-0.39, 0.29) is 6.61 Å². The molecule has 0 saturated heterocycles. The average Bonchev–Trinajstić information content (AvgIpc) is 2.85. The van der Waals surface area contributed by atoms with Crippen LogP contribution in [-0.4, -0.2) is 11.3 Å². The summed E-state index contributed by atoms with van der Waals surface area (Å²) < 4.78 is 10.1. The zero-order chi connectivity index (χ0) is 16.2. The molecule has 3 heteroatoms. The van der Waals surface area contributed by atoms with Gasteiger partial charge in [-0.05, 0) is 12.1 Å². The van der Waals surface area contributed by atoms with E-state index in [0.717, 1.165) is 28.3 Å². The molecule has 0 amide bonds. The Hall–Kier alpha value is -2.99. The van der Waals surface area contributed by atoms with E-state index < -0.39 is 0 Å². The van der Waals surface area contributed by atoms with Crippen molar-refractivity contribution in [3.05, 3.63) is 60.7 Å². The first-order chi connectivity index (χ1) is 11.2. The fourth-order valence-corrected chi connectivity index (χ4v) is 2.78. The first-order valence-electron chi connectivity index (χ1n) is 7.50. The number of aromatic nitrogens is 2. The highest BCUT2D eigenvalue weighted by atomic mass is 16.5. The minimum Gasteiger partial charge on any atom is -0.472 e. The van der Waals surface area contributed by atoms with Crippen molar-refractivity contribution in [3.63, 3.8) is 0 Å². The van der Waals surface area contributed by atoms with Crippen LogP contribution < -0.4 is 9.42 Å². The summed E-state index contributed by atoms with van der Waals surface area (Å²) in [5, 5.41) is 0. The Morgan fingerprint density at radius 2 is 1.57 bits per heavy atom. The number of terminal acetylenes is 1. The molecule has 0 spiro atoms. The van der Waals surface area contributed by atoms with E-state index in [4.69, 9.17) is 11.2 Å². The van der Waals surface area contributed by atoms with Crippen molar-refractivity contribution in [3.8, 4) is 40.6 Å². The first-order valence-corrected chi connectivity index (χ1v) is 7.50. The van der Waals surface area contributed by atoms with Gasteiger partial charge in [-0.3, -0.25) is 0 Å². The van der Waals surface area contributed by atoms with Crippen LogP contribution in [0.3, 0.4) is 0 Å². The Morgan fingerprint density at radius 1 is 1.00 bits per heavy atom. The predicted octanol–water partition coefficient (Wildman–Crippen LogP) is 3.20. The van der Waals surface area contributed by atoms with Gasteiger partial charge >= 0.3 is 0 Å².